The van der Waals surface area contributed by atoms with Gasteiger partial charge in [0.1, 0.15) is 0 Å². The summed E-state index contributed by atoms with van der Waals surface area (Å²) < 4.78 is 4.95. The fourth-order valence-electron chi connectivity index (χ4n) is 9.89. The smallest absolute Gasteiger partial charge is 0.305 e. The van der Waals surface area contributed by atoms with E-state index in [-0.39, 0.29) is 5.97 Å². The van der Waals surface area contributed by atoms with Gasteiger partial charge in [-0.05, 0) is 110 Å². The van der Waals surface area contributed by atoms with Gasteiger partial charge in [-0.1, -0.05) is 34.6 Å². The van der Waals surface area contributed by atoms with Crippen LogP contribution in [0.25, 0.3) is 0 Å². The van der Waals surface area contributed by atoms with Crippen LogP contribution in [-0.2, 0) is 9.53 Å². The molecular formula is C31H56N2O2S. The molecule has 4 fully saturated rings. The highest BCUT2D eigenvalue weighted by Gasteiger charge is 2.62. The summed E-state index contributed by atoms with van der Waals surface area (Å²) in [6.07, 6.45) is 15.2. The number of carbonyl (C=O) groups excluding carboxylic acids is 1. The van der Waals surface area contributed by atoms with Gasteiger partial charge in [0, 0.05) is 36.8 Å². The number of methoxy groups -OCH3 is 1. The van der Waals surface area contributed by atoms with Gasteiger partial charge in [-0.15, -0.1) is 0 Å². The number of fused-ring (bicyclic) bond motifs is 5. The Balaban J connectivity index is 1.44. The zero-order valence-corrected chi connectivity index (χ0v) is 25.2. The Hall–Kier alpha value is -0.260. The van der Waals surface area contributed by atoms with E-state index in [1.165, 1.54) is 58.5 Å². The van der Waals surface area contributed by atoms with Gasteiger partial charge < -0.3 is 15.4 Å². The van der Waals surface area contributed by atoms with Gasteiger partial charge in [0.15, 0.2) is 0 Å². The quantitative estimate of drug-likeness (QED) is 0.253. The number of hydrogen-bond donors (Lipinski definition) is 2. The van der Waals surface area contributed by atoms with Gasteiger partial charge in [0.05, 0.1) is 7.11 Å². The second kappa shape index (κ2) is 11.9. The summed E-state index contributed by atoms with van der Waals surface area (Å²) in [5.41, 5.74) is 0.983. The first kappa shape index (κ1) is 28.7. The van der Waals surface area contributed by atoms with E-state index in [2.05, 4.69) is 63.3 Å². The molecule has 0 aromatic carbocycles. The monoisotopic (exact) mass is 520 g/mol. The van der Waals surface area contributed by atoms with Crippen molar-refractivity contribution >= 4 is 17.7 Å². The molecule has 4 nitrogen and oxygen atoms in total. The molecule has 36 heavy (non-hydrogen) atoms. The summed E-state index contributed by atoms with van der Waals surface area (Å²) in [6.45, 7) is 14.4. The fourth-order valence-corrected chi connectivity index (χ4v) is 11.0. The molecular weight excluding hydrogens is 464 g/mol. The molecule has 3 unspecified atom stereocenters. The zero-order chi connectivity index (χ0) is 26.1. The Morgan fingerprint density at radius 3 is 2.42 bits per heavy atom. The van der Waals surface area contributed by atoms with E-state index in [1.807, 2.05) is 0 Å². The first-order valence-corrected chi connectivity index (χ1v) is 16.5. The Labute approximate surface area is 226 Å². The Morgan fingerprint density at radius 1 is 1.00 bits per heavy atom. The minimum Gasteiger partial charge on any atom is -0.469 e. The average Bonchev–Trinajstić information content (AvgIpc) is 3.21. The third-order valence-electron chi connectivity index (χ3n) is 11.9. The van der Waals surface area contributed by atoms with Gasteiger partial charge in [-0.25, -0.2) is 0 Å². The first-order chi connectivity index (χ1) is 17.1. The first-order valence-electron chi connectivity index (χ1n) is 15.2. The van der Waals surface area contributed by atoms with Crippen molar-refractivity contribution in [1.29, 1.82) is 0 Å². The lowest BCUT2D eigenvalue weighted by molar-refractivity contribution is -0.141. The molecule has 0 aliphatic heterocycles. The van der Waals surface area contributed by atoms with Gasteiger partial charge in [-0.2, -0.15) is 11.8 Å². The van der Waals surface area contributed by atoms with E-state index in [1.54, 1.807) is 0 Å². The number of rotatable bonds is 10. The van der Waals surface area contributed by atoms with E-state index in [0.29, 0.717) is 35.3 Å². The molecule has 0 aromatic rings. The second-order valence-electron chi connectivity index (χ2n) is 13.9. The number of carbonyl (C=O) groups is 1. The van der Waals surface area contributed by atoms with Crippen molar-refractivity contribution in [3.8, 4) is 0 Å². The normalized spacial score (nSPS) is 42.9. The minimum absolute atomic E-state index is 0.0415. The summed E-state index contributed by atoms with van der Waals surface area (Å²) in [7, 11) is 1.52. The molecule has 0 saturated heterocycles. The Kier molecular flexibility index (Phi) is 9.47. The predicted molar refractivity (Wildman–Crippen MR) is 153 cm³/mol. The summed E-state index contributed by atoms with van der Waals surface area (Å²) in [5, 5.41) is 8.30. The molecule has 4 saturated carbocycles. The molecule has 0 heterocycles. The van der Waals surface area contributed by atoms with E-state index < -0.39 is 0 Å². The van der Waals surface area contributed by atoms with Crippen LogP contribution in [0.2, 0.25) is 0 Å². The molecule has 0 spiro atoms. The summed E-state index contributed by atoms with van der Waals surface area (Å²) >= 11 is 2.19. The number of esters is 1. The molecule has 0 aromatic heterocycles. The summed E-state index contributed by atoms with van der Waals surface area (Å²) in [6, 6.07) is 1.28. The maximum atomic E-state index is 11.8. The van der Waals surface area contributed by atoms with E-state index in [4.69, 9.17) is 4.74 Å². The lowest BCUT2D eigenvalue weighted by Gasteiger charge is -2.63. The van der Waals surface area contributed by atoms with Crippen LogP contribution in [0.1, 0.15) is 98.8 Å². The average molecular weight is 521 g/mol. The van der Waals surface area contributed by atoms with Crippen LogP contribution in [0.15, 0.2) is 0 Å². The largest absolute Gasteiger partial charge is 0.469 e. The summed E-state index contributed by atoms with van der Waals surface area (Å²) in [4.78, 5) is 11.8. The molecule has 2 N–H and O–H groups in total. The van der Waals surface area contributed by atoms with E-state index in [0.717, 1.165) is 54.3 Å². The Morgan fingerprint density at radius 2 is 1.72 bits per heavy atom. The van der Waals surface area contributed by atoms with Crippen molar-refractivity contribution < 1.29 is 9.53 Å². The highest BCUT2D eigenvalue weighted by molar-refractivity contribution is 7.99. The molecule has 4 rings (SSSR count). The second-order valence-corrected chi connectivity index (χ2v) is 14.9. The van der Waals surface area contributed by atoms with Crippen LogP contribution < -0.4 is 10.6 Å². The molecule has 5 heteroatoms. The Bertz CT molecular complexity index is 746. The lowest BCUT2D eigenvalue weighted by atomic mass is 9.44. The molecule has 10 atom stereocenters. The molecule has 0 bridgehead atoms. The van der Waals surface area contributed by atoms with Crippen LogP contribution in [0, 0.1) is 46.3 Å². The molecule has 0 radical (unpaired) electrons. The topological polar surface area (TPSA) is 50.4 Å². The van der Waals surface area contributed by atoms with Crippen LogP contribution in [0.3, 0.4) is 0 Å². The van der Waals surface area contributed by atoms with Crippen LogP contribution >= 0.6 is 11.8 Å². The minimum atomic E-state index is -0.0415. The van der Waals surface area contributed by atoms with Crippen molar-refractivity contribution in [1.82, 2.24) is 10.6 Å². The SMILES string of the molecule is COC(=O)CC[C@@H](C)[C@H]1CCC2C3C(CC[C@@]21C)[C@@]1(C)CC[C@@H](NCCNC(C)C)C[C@@H]1C[C@H]3SC. The van der Waals surface area contributed by atoms with Crippen molar-refractivity contribution in [2.24, 2.45) is 46.3 Å². The van der Waals surface area contributed by atoms with Crippen molar-refractivity contribution in [3.05, 3.63) is 0 Å². The van der Waals surface area contributed by atoms with E-state index >= 15 is 0 Å². The molecule has 4 aliphatic carbocycles. The van der Waals surface area contributed by atoms with Crippen molar-refractivity contribution in [2.45, 2.75) is 116 Å². The van der Waals surface area contributed by atoms with E-state index in [9.17, 15) is 4.79 Å². The standard InChI is InChI=1S/C31H56N2O2S/c1-20(2)32-16-17-33-23-12-14-30(4)22(18-23)19-27(36-7)29-25-10-9-24(21(3)8-11-28(34)35-6)31(25,5)15-13-26(29)30/h20-27,29,32-33H,8-19H2,1-7H3/t21-,22-,23-,24-,25?,26?,27-,29?,30+,31-/m1/s1. The predicted octanol–water partition coefficient (Wildman–Crippen LogP) is 6.53. The number of thioether (sulfide) groups is 1. The number of nitrogens with one attached hydrogen (secondary N) is 2. The van der Waals surface area contributed by atoms with Crippen LogP contribution in [-0.4, -0.2) is 49.8 Å². The van der Waals surface area contributed by atoms with Gasteiger partial charge >= 0.3 is 5.97 Å². The highest BCUT2D eigenvalue weighted by atomic mass is 32.2. The molecule has 208 valence electrons. The zero-order valence-electron chi connectivity index (χ0n) is 24.4. The third-order valence-corrected chi connectivity index (χ3v) is 13.0. The maximum Gasteiger partial charge on any atom is 0.305 e. The maximum absolute atomic E-state index is 11.8. The van der Waals surface area contributed by atoms with Crippen LogP contribution in [0.4, 0.5) is 0 Å². The lowest BCUT2D eigenvalue weighted by Crippen LogP contribution is -2.59. The number of ether oxygens (including phenoxy) is 1. The fraction of sp³-hybridized carbons (Fsp3) is 0.968. The number of hydrogen-bond acceptors (Lipinski definition) is 5. The third kappa shape index (κ3) is 5.55. The van der Waals surface area contributed by atoms with Gasteiger partial charge in [-0.3, -0.25) is 4.79 Å². The van der Waals surface area contributed by atoms with Gasteiger partial charge in [0.2, 0.25) is 0 Å². The molecule has 4 aliphatic rings. The van der Waals surface area contributed by atoms with Crippen LogP contribution in [0.5, 0.6) is 0 Å². The van der Waals surface area contributed by atoms with Gasteiger partial charge in [0.25, 0.3) is 0 Å². The van der Waals surface area contributed by atoms with Crippen molar-refractivity contribution in [2.75, 3.05) is 26.5 Å². The highest BCUT2D eigenvalue weighted by Crippen LogP contribution is 2.69. The molecule has 0 amide bonds. The summed E-state index contributed by atoms with van der Waals surface area (Å²) in [5.74, 6) is 4.87. The van der Waals surface area contributed by atoms with Crippen molar-refractivity contribution in [3.63, 3.8) is 0 Å².